The van der Waals surface area contributed by atoms with Crippen LogP contribution in [-0.4, -0.2) is 50.0 Å². The summed E-state index contributed by atoms with van der Waals surface area (Å²) in [7, 11) is 1.92. The SMILES string of the molecule is CN1N=NC2C=CC(CN3C(=O)C4(COc5cc6c(cc54)OCO6)c4ccccc43)=CC21. The van der Waals surface area contributed by atoms with E-state index in [4.69, 9.17) is 14.2 Å². The fourth-order valence-electron chi connectivity index (χ4n) is 5.36. The summed E-state index contributed by atoms with van der Waals surface area (Å²) >= 11 is 0. The molecule has 0 saturated heterocycles. The van der Waals surface area contributed by atoms with E-state index in [9.17, 15) is 4.79 Å². The molecule has 1 amide bonds. The van der Waals surface area contributed by atoms with Crippen molar-refractivity contribution in [3.8, 4) is 17.2 Å². The Morgan fingerprint density at radius 3 is 2.84 bits per heavy atom. The van der Waals surface area contributed by atoms with Crippen LogP contribution in [0.15, 0.2) is 70.5 Å². The predicted molar refractivity (Wildman–Crippen MR) is 115 cm³/mol. The van der Waals surface area contributed by atoms with Crippen LogP contribution in [0.4, 0.5) is 5.69 Å². The van der Waals surface area contributed by atoms with Crippen LogP contribution >= 0.6 is 0 Å². The van der Waals surface area contributed by atoms with E-state index in [2.05, 4.69) is 28.6 Å². The summed E-state index contributed by atoms with van der Waals surface area (Å²) in [5.74, 6) is 2.00. The number of para-hydroxylation sites is 1. The van der Waals surface area contributed by atoms with Crippen molar-refractivity contribution < 1.29 is 19.0 Å². The van der Waals surface area contributed by atoms with Gasteiger partial charge in [0.05, 0.1) is 12.6 Å². The molecule has 3 unspecified atom stereocenters. The smallest absolute Gasteiger partial charge is 0.246 e. The molecule has 3 atom stereocenters. The summed E-state index contributed by atoms with van der Waals surface area (Å²) in [5.41, 5.74) is 2.89. The van der Waals surface area contributed by atoms with Gasteiger partial charge in [-0.1, -0.05) is 41.7 Å². The van der Waals surface area contributed by atoms with E-state index in [0.29, 0.717) is 23.8 Å². The minimum Gasteiger partial charge on any atom is -0.491 e. The Kier molecular flexibility index (Phi) is 3.41. The minimum atomic E-state index is -0.886. The molecule has 0 bridgehead atoms. The van der Waals surface area contributed by atoms with Crippen LogP contribution in [-0.2, 0) is 10.2 Å². The lowest BCUT2D eigenvalue weighted by molar-refractivity contribution is -0.122. The van der Waals surface area contributed by atoms with Gasteiger partial charge in [-0.15, -0.1) is 0 Å². The third kappa shape index (κ3) is 2.19. The minimum absolute atomic E-state index is 0.0156. The highest BCUT2D eigenvalue weighted by Gasteiger charge is 2.57. The first kappa shape index (κ1) is 17.8. The Hall–Kier alpha value is -3.81. The number of rotatable bonds is 2. The van der Waals surface area contributed by atoms with Crippen molar-refractivity contribution in [1.82, 2.24) is 5.01 Å². The maximum Gasteiger partial charge on any atom is 0.246 e. The zero-order chi connectivity index (χ0) is 21.4. The summed E-state index contributed by atoms with van der Waals surface area (Å²) in [4.78, 5) is 16.0. The average molecular weight is 428 g/mol. The zero-order valence-corrected chi connectivity index (χ0v) is 17.4. The largest absolute Gasteiger partial charge is 0.491 e. The molecule has 8 nitrogen and oxygen atoms in total. The number of fused-ring (bicyclic) bond motifs is 6. The highest BCUT2D eigenvalue weighted by molar-refractivity contribution is 6.12. The normalized spacial score (nSPS) is 28.2. The molecule has 2 aromatic carbocycles. The van der Waals surface area contributed by atoms with Gasteiger partial charge >= 0.3 is 0 Å². The maximum atomic E-state index is 14.1. The summed E-state index contributed by atoms with van der Waals surface area (Å²) in [5, 5.41) is 10.3. The number of carbonyl (C=O) groups is 1. The Morgan fingerprint density at radius 1 is 1.09 bits per heavy atom. The molecular formula is C24H20N4O4. The molecule has 0 aromatic heterocycles. The van der Waals surface area contributed by atoms with Crippen molar-refractivity contribution in [2.45, 2.75) is 17.5 Å². The first-order chi connectivity index (χ1) is 15.6. The number of ether oxygens (including phenoxy) is 3. The molecule has 0 N–H and O–H groups in total. The van der Waals surface area contributed by atoms with Gasteiger partial charge in [-0.25, -0.2) is 0 Å². The second-order valence-corrected chi connectivity index (χ2v) is 8.66. The van der Waals surface area contributed by atoms with Crippen LogP contribution in [0.5, 0.6) is 17.2 Å². The van der Waals surface area contributed by atoms with Crippen LogP contribution in [0.25, 0.3) is 0 Å². The molecule has 4 heterocycles. The first-order valence-electron chi connectivity index (χ1n) is 10.7. The number of amides is 1. The third-order valence-electron chi connectivity index (χ3n) is 6.98. The molecule has 160 valence electrons. The van der Waals surface area contributed by atoms with Gasteiger partial charge in [0.15, 0.2) is 11.5 Å². The van der Waals surface area contributed by atoms with Crippen molar-refractivity contribution in [2.24, 2.45) is 10.3 Å². The van der Waals surface area contributed by atoms with Gasteiger partial charge in [0.1, 0.15) is 23.8 Å². The molecule has 0 radical (unpaired) electrons. The molecule has 4 aliphatic heterocycles. The van der Waals surface area contributed by atoms with Crippen molar-refractivity contribution >= 4 is 11.6 Å². The van der Waals surface area contributed by atoms with E-state index in [1.165, 1.54) is 0 Å². The summed E-state index contributed by atoms with van der Waals surface area (Å²) < 4.78 is 17.2. The standard InChI is InChI=1S/C24H20N4O4/c1-27-19-8-14(6-7-17(19)25-26-27)11-28-18-5-3-2-4-15(18)24(23(28)29)12-30-20-10-22-21(9-16(20)24)31-13-32-22/h2-10,17,19H,11-13H2,1H3. The molecule has 0 saturated carbocycles. The van der Waals surface area contributed by atoms with Gasteiger partial charge in [0.25, 0.3) is 0 Å². The van der Waals surface area contributed by atoms with Crippen molar-refractivity contribution in [3.63, 3.8) is 0 Å². The van der Waals surface area contributed by atoms with Crippen molar-refractivity contribution in [2.75, 3.05) is 31.9 Å². The third-order valence-corrected chi connectivity index (χ3v) is 6.98. The van der Waals surface area contributed by atoms with E-state index >= 15 is 0 Å². The number of likely N-dealkylation sites (N-methyl/N-ethyl adjacent to an activating group) is 1. The lowest BCUT2D eigenvalue weighted by Crippen LogP contribution is -2.43. The van der Waals surface area contributed by atoms with Crippen LogP contribution in [0, 0.1) is 0 Å². The number of benzene rings is 2. The van der Waals surface area contributed by atoms with Crippen molar-refractivity contribution in [1.29, 1.82) is 0 Å². The van der Waals surface area contributed by atoms with E-state index in [1.807, 2.05) is 53.4 Å². The van der Waals surface area contributed by atoms with E-state index < -0.39 is 5.41 Å². The van der Waals surface area contributed by atoms with Crippen LogP contribution < -0.4 is 19.1 Å². The van der Waals surface area contributed by atoms with Gasteiger partial charge < -0.3 is 19.1 Å². The number of nitrogens with zero attached hydrogens (tertiary/aromatic N) is 4. The number of hydrogen-bond acceptors (Lipinski definition) is 7. The van der Waals surface area contributed by atoms with Crippen LogP contribution in [0.1, 0.15) is 11.1 Å². The topological polar surface area (TPSA) is 76.0 Å². The summed E-state index contributed by atoms with van der Waals surface area (Å²) in [6.45, 7) is 0.917. The van der Waals surface area contributed by atoms with Gasteiger partial charge in [-0.3, -0.25) is 9.80 Å². The number of anilines is 1. The second-order valence-electron chi connectivity index (χ2n) is 8.66. The molecule has 1 spiro atoms. The molecule has 8 heteroatoms. The molecule has 5 aliphatic rings. The molecule has 0 fully saturated rings. The Morgan fingerprint density at radius 2 is 1.94 bits per heavy atom. The highest BCUT2D eigenvalue weighted by atomic mass is 16.7. The quantitative estimate of drug-likeness (QED) is 0.735. The van der Waals surface area contributed by atoms with E-state index in [1.54, 1.807) is 0 Å². The molecule has 1 aliphatic carbocycles. The Labute approximate surface area is 184 Å². The Balaban J connectivity index is 1.31. The predicted octanol–water partition coefficient (Wildman–Crippen LogP) is 2.99. The number of carbonyl (C=O) groups excluding carboxylic acids is 1. The van der Waals surface area contributed by atoms with Gasteiger partial charge in [0.2, 0.25) is 12.7 Å². The fraction of sp³-hybridized carbons (Fsp3) is 0.292. The molecule has 7 rings (SSSR count). The summed E-state index contributed by atoms with van der Waals surface area (Å²) in [6.07, 6.45) is 6.27. The molecule has 2 aromatic rings. The van der Waals surface area contributed by atoms with E-state index in [-0.39, 0.29) is 31.4 Å². The van der Waals surface area contributed by atoms with Gasteiger partial charge in [-0.2, -0.15) is 5.11 Å². The fourth-order valence-corrected chi connectivity index (χ4v) is 5.36. The highest BCUT2D eigenvalue weighted by Crippen LogP contribution is 2.55. The van der Waals surface area contributed by atoms with Crippen LogP contribution in [0.2, 0.25) is 0 Å². The lowest BCUT2D eigenvalue weighted by Gasteiger charge is -2.26. The Bertz CT molecular complexity index is 1270. The maximum absolute atomic E-state index is 14.1. The van der Waals surface area contributed by atoms with E-state index in [0.717, 1.165) is 22.4 Å². The average Bonchev–Trinajstić information content (AvgIpc) is 3.56. The monoisotopic (exact) mass is 428 g/mol. The lowest BCUT2D eigenvalue weighted by atomic mass is 9.77. The number of hydrogen-bond donors (Lipinski definition) is 0. The zero-order valence-electron chi connectivity index (χ0n) is 17.4. The first-order valence-corrected chi connectivity index (χ1v) is 10.7. The van der Waals surface area contributed by atoms with Crippen molar-refractivity contribution in [3.05, 3.63) is 71.3 Å². The van der Waals surface area contributed by atoms with Gasteiger partial charge in [0, 0.05) is 24.4 Å². The van der Waals surface area contributed by atoms with Gasteiger partial charge in [-0.05, 0) is 23.3 Å². The molecule has 32 heavy (non-hydrogen) atoms. The second kappa shape index (κ2) is 6.12. The summed E-state index contributed by atoms with van der Waals surface area (Å²) in [6, 6.07) is 11.9. The molecular weight excluding hydrogens is 408 g/mol. The van der Waals surface area contributed by atoms with Crippen LogP contribution in [0.3, 0.4) is 0 Å².